The van der Waals surface area contributed by atoms with Gasteiger partial charge in [-0.3, -0.25) is 0 Å². The van der Waals surface area contributed by atoms with Crippen LogP contribution in [0.5, 0.6) is 0 Å². The van der Waals surface area contributed by atoms with Gasteiger partial charge in [-0.2, -0.15) is 8.75 Å². The van der Waals surface area contributed by atoms with Crippen LogP contribution in [0.1, 0.15) is 11.3 Å². The van der Waals surface area contributed by atoms with Crippen LogP contribution in [0.25, 0.3) is 0 Å². The van der Waals surface area contributed by atoms with E-state index in [1.54, 1.807) is 6.33 Å². The van der Waals surface area contributed by atoms with Crippen molar-refractivity contribution < 1.29 is 0 Å². The number of aryl methyl sites for hydroxylation is 1. The van der Waals surface area contributed by atoms with Gasteiger partial charge in [-0.05, 0) is 13.8 Å². The van der Waals surface area contributed by atoms with Gasteiger partial charge >= 0.3 is 0 Å². The fourth-order valence-electron chi connectivity index (χ4n) is 3.50. The average molecular weight is 302 g/mol. The summed E-state index contributed by atoms with van der Waals surface area (Å²) in [4.78, 5) is 13.6. The van der Waals surface area contributed by atoms with Crippen LogP contribution in [-0.2, 0) is 0 Å². The molecule has 4 rings (SSSR count). The average Bonchev–Trinajstić information content (AvgIpc) is 3.14. The number of hydrogen-bond donors (Lipinski definition) is 0. The molecule has 7 heteroatoms. The third-order valence-electron chi connectivity index (χ3n) is 4.77. The van der Waals surface area contributed by atoms with Gasteiger partial charge in [0.05, 0.1) is 17.9 Å². The maximum absolute atomic E-state index is 4.50. The van der Waals surface area contributed by atoms with Crippen LogP contribution in [0, 0.1) is 25.7 Å². The summed E-state index contributed by atoms with van der Waals surface area (Å²) in [6, 6.07) is 0. The Kier molecular flexibility index (Phi) is 3.02. The molecular formula is C14H18N6S. The quantitative estimate of drug-likeness (QED) is 0.838. The van der Waals surface area contributed by atoms with Gasteiger partial charge in [0.2, 0.25) is 0 Å². The predicted molar refractivity (Wildman–Crippen MR) is 82.8 cm³/mol. The van der Waals surface area contributed by atoms with Gasteiger partial charge < -0.3 is 9.80 Å². The van der Waals surface area contributed by atoms with Crippen LogP contribution in [0.4, 0.5) is 11.6 Å². The lowest BCUT2D eigenvalue weighted by atomic mass is 10.0. The Hall–Kier alpha value is -1.76. The highest BCUT2D eigenvalue weighted by Gasteiger charge is 2.41. The first-order valence-electron chi connectivity index (χ1n) is 7.28. The molecule has 0 bridgehead atoms. The summed E-state index contributed by atoms with van der Waals surface area (Å²) in [5.41, 5.74) is 2.28. The summed E-state index contributed by atoms with van der Waals surface area (Å²) >= 11 is 1.29. The first-order chi connectivity index (χ1) is 10.2. The molecule has 0 amide bonds. The van der Waals surface area contributed by atoms with Gasteiger partial charge in [-0.25, -0.2) is 9.97 Å². The van der Waals surface area contributed by atoms with Gasteiger partial charge in [-0.15, -0.1) is 0 Å². The van der Waals surface area contributed by atoms with Crippen molar-refractivity contribution in [1.82, 2.24) is 18.7 Å². The van der Waals surface area contributed by atoms with Crippen LogP contribution in [0.3, 0.4) is 0 Å². The van der Waals surface area contributed by atoms with E-state index in [0.717, 1.165) is 43.5 Å². The van der Waals surface area contributed by atoms with Crippen molar-refractivity contribution in [3.63, 3.8) is 0 Å². The maximum Gasteiger partial charge on any atom is 0.162 e. The van der Waals surface area contributed by atoms with Crippen molar-refractivity contribution in [2.24, 2.45) is 11.8 Å². The fraction of sp³-hybridized carbons (Fsp3) is 0.571. The highest BCUT2D eigenvalue weighted by molar-refractivity contribution is 6.99. The second-order valence-corrected chi connectivity index (χ2v) is 6.56. The summed E-state index contributed by atoms with van der Waals surface area (Å²) in [5.74, 6) is 3.54. The van der Waals surface area contributed by atoms with Crippen molar-refractivity contribution >= 4 is 23.4 Å². The Morgan fingerprint density at radius 2 is 1.76 bits per heavy atom. The monoisotopic (exact) mass is 302 g/mol. The van der Waals surface area contributed by atoms with E-state index in [9.17, 15) is 0 Å². The molecule has 2 saturated heterocycles. The molecule has 2 atom stereocenters. The van der Waals surface area contributed by atoms with E-state index in [0.29, 0.717) is 11.8 Å². The molecule has 21 heavy (non-hydrogen) atoms. The van der Waals surface area contributed by atoms with Gasteiger partial charge in [0, 0.05) is 49.3 Å². The van der Waals surface area contributed by atoms with Crippen molar-refractivity contribution in [3.05, 3.63) is 23.8 Å². The molecule has 2 aromatic heterocycles. The van der Waals surface area contributed by atoms with Crippen molar-refractivity contribution in [1.29, 1.82) is 0 Å². The summed E-state index contributed by atoms with van der Waals surface area (Å²) in [6.45, 7) is 8.48. The molecule has 110 valence electrons. The van der Waals surface area contributed by atoms with E-state index in [4.69, 9.17) is 0 Å². The molecule has 2 aliphatic rings. The van der Waals surface area contributed by atoms with E-state index in [1.807, 2.05) is 13.1 Å². The van der Waals surface area contributed by atoms with Gasteiger partial charge in [0.25, 0.3) is 0 Å². The zero-order valence-corrected chi connectivity index (χ0v) is 13.0. The van der Waals surface area contributed by atoms with Crippen LogP contribution < -0.4 is 9.80 Å². The van der Waals surface area contributed by atoms with Crippen molar-refractivity contribution in [3.8, 4) is 0 Å². The van der Waals surface area contributed by atoms with E-state index in [-0.39, 0.29) is 0 Å². The Bertz CT molecular complexity index is 629. The van der Waals surface area contributed by atoms with Crippen molar-refractivity contribution in [2.75, 3.05) is 36.0 Å². The molecule has 0 saturated carbocycles. The number of rotatable bonds is 2. The molecule has 0 N–H and O–H groups in total. The number of anilines is 2. The molecule has 2 aromatic rings. The standard InChI is InChI=1S/C14H18N6S/c1-9-10(2)15-8-16-14(9)20-6-11-4-19(5-12(11)7-20)13-3-17-21-18-13/h3,8,11-12H,4-7H2,1-2H3. The van der Waals surface area contributed by atoms with Crippen LogP contribution >= 0.6 is 11.7 Å². The van der Waals surface area contributed by atoms with Crippen LogP contribution in [0.2, 0.25) is 0 Å². The molecule has 2 unspecified atom stereocenters. The first-order valence-corrected chi connectivity index (χ1v) is 8.01. The minimum atomic E-state index is 0.696. The molecule has 2 aliphatic heterocycles. The molecule has 2 fully saturated rings. The Morgan fingerprint density at radius 3 is 2.43 bits per heavy atom. The molecule has 6 nitrogen and oxygen atoms in total. The lowest BCUT2D eigenvalue weighted by Gasteiger charge is -2.23. The fourth-order valence-corrected chi connectivity index (χ4v) is 3.93. The Balaban J connectivity index is 1.50. The van der Waals surface area contributed by atoms with E-state index >= 15 is 0 Å². The minimum absolute atomic E-state index is 0.696. The highest BCUT2D eigenvalue weighted by atomic mass is 32.1. The lowest BCUT2D eigenvalue weighted by molar-refractivity contribution is 0.533. The third kappa shape index (κ3) is 2.16. The summed E-state index contributed by atoms with van der Waals surface area (Å²) in [5, 5.41) is 0. The molecule has 0 aliphatic carbocycles. The summed E-state index contributed by atoms with van der Waals surface area (Å²) < 4.78 is 8.46. The topological polar surface area (TPSA) is 58.0 Å². The van der Waals surface area contributed by atoms with Crippen LogP contribution in [0.15, 0.2) is 12.5 Å². The number of fused-ring (bicyclic) bond motifs is 1. The van der Waals surface area contributed by atoms with Crippen molar-refractivity contribution in [2.45, 2.75) is 13.8 Å². The SMILES string of the molecule is Cc1ncnc(N2CC3CN(c4cnsn4)CC3C2)c1C. The smallest absolute Gasteiger partial charge is 0.162 e. The van der Waals surface area contributed by atoms with Gasteiger partial charge in [0.15, 0.2) is 5.82 Å². The van der Waals surface area contributed by atoms with E-state index in [2.05, 4.69) is 35.4 Å². The highest BCUT2D eigenvalue weighted by Crippen LogP contribution is 2.35. The number of nitrogens with zero attached hydrogens (tertiary/aromatic N) is 6. The maximum atomic E-state index is 4.50. The van der Waals surface area contributed by atoms with Crippen LogP contribution in [-0.4, -0.2) is 44.9 Å². The van der Waals surface area contributed by atoms with Gasteiger partial charge in [0.1, 0.15) is 12.1 Å². The molecule has 0 aromatic carbocycles. The summed E-state index contributed by atoms with van der Waals surface area (Å²) in [7, 11) is 0. The Morgan fingerprint density at radius 1 is 1.05 bits per heavy atom. The summed E-state index contributed by atoms with van der Waals surface area (Å²) in [6.07, 6.45) is 3.56. The number of aromatic nitrogens is 4. The zero-order valence-electron chi connectivity index (χ0n) is 12.2. The Labute approximate surface area is 128 Å². The molecule has 0 radical (unpaired) electrons. The second-order valence-electron chi connectivity index (χ2n) is 6.00. The third-order valence-corrected chi connectivity index (χ3v) is 5.24. The molecule has 0 spiro atoms. The number of hydrogen-bond acceptors (Lipinski definition) is 7. The molecule has 4 heterocycles. The van der Waals surface area contributed by atoms with Gasteiger partial charge in [-0.1, -0.05) is 0 Å². The second kappa shape index (κ2) is 4.91. The molecular weight excluding hydrogens is 284 g/mol. The van der Waals surface area contributed by atoms with E-state index < -0.39 is 0 Å². The zero-order chi connectivity index (χ0) is 14.4. The largest absolute Gasteiger partial charge is 0.356 e. The lowest BCUT2D eigenvalue weighted by Crippen LogP contribution is -2.29. The normalized spacial score (nSPS) is 24.7. The minimum Gasteiger partial charge on any atom is -0.356 e. The first kappa shape index (κ1) is 12.9. The van der Waals surface area contributed by atoms with E-state index in [1.165, 1.54) is 17.3 Å². The predicted octanol–water partition coefficient (Wildman–Crippen LogP) is 1.52.